The lowest BCUT2D eigenvalue weighted by Crippen LogP contribution is -2.40. The summed E-state index contributed by atoms with van der Waals surface area (Å²) in [6.07, 6.45) is 5.20. The molecule has 25 heavy (non-hydrogen) atoms. The van der Waals surface area contributed by atoms with Crippen molar-refractivity contribution in [2.45, 2.75) is 51.5 Å². The number of carbonyl (C=O) groups excluding carboxylic acids is 3. The summed E-state index contributed by atoms with van der Waals surface area (Å²) < 4.78 is 4.86. The maximum Gasteiger partial charge on any atom is 0.341 e. The Balaban J connectivity index is 2.11. The Kier molecular flexibility index (Phi) is 6.95. The van der Waals surface area contributed by atoms with E-state index in [2.05, 4.69) is 10.6 Å². The number of nitrogens with two attached hydrogens (primary N) is 1. The Morgan fingerprint density at radius 3 is 2.64 bits per heavy atom. The van der Waals surface area contributed by atoms with Crippen molar-refractivity contribution in [2.75, 3.05) is 19.0 Å². The van der Waals surface area contributed by atoms with Crippen LogP contribution < -0.4 is 16.4 Å². The minimum Gasteiger partial charge on any atom is -0.465 e. The highest BCUT2D eigenvalue weighted by Gasteiger charge is 2.28. The molecule has 138 valence electrons. The topological polar surface area (TPSA) is 111 Å². The Hall–Kier alpha value is -1.93. The van der Waals surface area contributed by atoms with Crippen molar-refractivity contribution < 1.29 is 19.1 Å². The molecule has 2 rings (SSSR count). The van der Waals surface area contributed by atoms with Crippen LogP contribution in [0.4, 0.5) is 5.00 Å². The zero-order valence-corrected chi connectivity index (χ0v) is 15.5. The van der Waals surface area contributed by atoms with Crippen LogP contribution in [0.1, 0.15) is 53.4 Å². The average molecular weight is 367 g/mol. The molecule has 0 fully saturated rings. The summed E-state index contributed by atoms with van der Waals surface area (Å²) in [5.41, 5.74) is 6.77. The van der Waals surface area contributed by atoms with Gasteiger partial charge in [-0.25, -0.2) is 4.79 Å². The molecule has 1 heterocycles. The monoisotopic (exact) mass is 367 g/mol. The third-order valence-corrected chi connectivity index (χ3v) is 5.42. The molecule has 1 aromatic heterocycles. The summed E-state index contributed by atoms with van der Waals surface area (Å²) in [4.78, 5) is 37.5. The first kappa shape index (κ1) is 19.4. The number of amides is 2. The van der Waals surface area contributed by atoms with Gasteiger partial charge in [0.1, 0.15) is 5.00 Å². The van der Waals surface area contributed by atoms with E-state index < -0.39 is 17.8 Å². The fourth-order valence-corrected chi connectivity index (χ4v) is 4.19. The lowest BCUT2D eigenvalue weighted by molar-refractivity contribution is -0.136. The molecule has 4 N–H and O–H groups in total. The van der Waals surface area contributed by atoms with E-state index in [-0.39, 0.29) is 6.04 Å². The fraction of sp³-hybridized carbons (Fsp3) is 0.588. The van der Waals surface area contributed by atoms with Gasteiger partial charge in [-0.15, -0.1) is 11.3 Å². The molecular weight excluding hydrogens is 342 g/mol. The predicted molar refractivity (Wildman–Crippen MR) is 96.8 cm³/mol. The first-order chi connectivity index (χ1) is 12.0. The number of carbonyl (C=O) groups is 3. The van der Waals surface area contributed by atoms with Gasteiger partial charge >= 0.3 is 17.8 Å². The van der Waals surface area contributed by atoms with Crippen LogP contribution in [0.5, 0.6) is 0 Å². The second-order valence-electron chi connectivity index (χ2n) is 6.17. The van der Waals surface area contributed by atoms with Gasteiger partial charge in [-0.05, 0) is 57.6 Å². The summed E-state index contributed by atoms with van der Waals surface area (Å²) >= 11 is 1.35. The Labute approximate surface area is 151 Å². The number of rotatable bonds is 6. The molecule has 0 radical (unpaired) electrons. The molecule has 1 atom stereocenters. The van der Waals surface area contributed by atoms with Crippen LogP contribution in [-0.4, -0.2) is 37.5 Å². The average Bonchev–Trinajstić information content (AvgIpc) is 2.96. The summed E-state index contributed by atoms with van der Waals surface area (Å²) in [7, 11) is 1.31. The lowest BCUT2D eigenvalue weighted by atomic mass is 9.95. The number of esters is 1. The number of ether oxygens (including phenoxy) is 1. The van der Waals surface area contributed by atoms with Gasteiger partial charge < -0.3 is 21.1 Å². The van der Waals surface area contributed by atoms with Gasteiger partial charge in [0, 0.05) is 10.9 Å². The molecule has 2 amide bonds. The zero-order valence-electron chi connectivity index (χ0n) is 14.6. The first-order valence-corrected chi connectivity index (χ1v) is 9.34. The van der Waals surface area contributed by atoms with E-state index in [9.17, 15) is 14.4 Å². The van der Waals surface area contributed by atoms with Gasteiger partial charge in [0.25, 0.3) is 0 Å². The highest BCUT2D eigenvalue weighted by molar-refractivity contribution is 7.17. The van der Waals surface area contributed by atoms with Crippen molar-refractivity contribution in [3.8, 4) is 0 Å². The number of hydrogen-bond acceptors (Lipinski definition) is 6. The van der Waals surface area contributed by atoms with Gasteiger partial charge in [0.15, 0.2) is 0 Å². The fourth-order valence-electron chi connectivity index (χ4n) is 2.92. The van der Waals surface area contributed by atoms with Gasteiger partial charge in [0.2, 0.25) is 0 Å². The highest BCUT2D eigenvalue weighted by Crippen LogP contribution is 2.38. The minimum atomic E-state index is -0.775. The van der Waals surface area contributed by atoms with E-state index in [0.29, 0.717) is 23.5 Å². The smallest absolute Gasteiger partial charge is 0.341 e. The Bertz CT molecular complexity index is 657. The molecule has 0 aliphatic heterocycles. The minimum absolute atomic E-state index is 0.140. The summed E-state index contributed by atoms with van der Waals surface area (Å²) in [6, 6.07) is -0.140. The van der Waals surface area contributed by atoms with Crippen LogP contribution >= 0.6 is 11.3 Å². The molecule has 1 aliphatic rings. The highest BCUT2D eigenvalue weighted by atomic mass is 32.1. The number of thiophene rings is 1. The second kappa shape index (κ2) is 8.96. The molecule has 0 saturated heterocycles. The van der Waals surface area contributed by atoms with Crippen LogP contribution in [-0.2, 0) is 27.2 Å². The predicted octanol–water partition coefficient (Wildman–Crippen LogP) is 1.60. The summed E-state index contributed by atoms with van der Waals surface area (Å²) in [5, 5.41) is 5.62. The molecule has 1 aliphatic carbocycles. The largest absolute Gasteiger partial charge is 0.465 e. The second-order valence-corrected chi connectivity index (χ2v) is 7.27. The van der Waals surface area contributed by atoms with E-state index in [1.54, 1.807) is 0 Å². The van der Waals surface area contributed by atoms with E-state index >= 15 is 0 Å². The van der Waals surface area contributed by atoms with Crippen LogP contribution in [0.3, 0.4) is 0 Å². The molecule has 0 bridgehead atoms. The van der Waals surface area contributed by atoms with Crippen LogP contribution in [0.15, 0.2) is 0 Å². The third kappa shape index (κ3) is 4.79. The van der Waals surface area contributed by atoms with E-state index in [1.165, 1.54) is 18.4 Å². The molecule has 7 nitrogen and oxygen atoms in total. The van der Waals surface area contributed by atoms with Crippen molar-refractivity contribution in [3.63, 3.8) is 0 Å². The maximum absolute atomic E-state index is 12.2. The molecule has 1 unspecified atom stereocenters. The van der Waals surface area contributed by atoms with E-state index in [4.69, 9.17) is 10.5 Å². The molecule has 0 saturated carbocycles. The maximum atomic E-state index is 12.2. The summed E-state index contributed by atoms with van der Waals surface area (Å²) in [6.45, 7) is 2.36. The van der Waals surface area contributed by atoms with Crippen molar-refractivity contribution >= 4 is 34.1 Å². The standard InChI is InChI=1S/C17H25N3O4S/c1-10(6-5-9-18)19-14(21)15(22)20-16-13(17(23)24-2)11-7-3-4-8-12(11)25-16/h10H,3-9,18H2,1-2H3,(H,19,21)(H,20,22). The van der Waals surface area contributed by atoms with Crippen LogP contribution in [0.2, 0.25) is 0 Å². The van der Waals surface area contributed by atoms with Crippen molar-refractivity contribution in [2.24, 2.45) is 5.73 Å². The van der Waals surface area contributed by atoms with Crippen molar-refractivity contribution in [1.29, 1.82) is 0 Å². The van der Waals surface area contributed by atoms with Gasteiger partial charge in [-0.2, -0.15) is 0 Å². The zero-order chi connectivity index (χ0) is 18.4. The number of anilines is 1. The number of nitrogens with one attached hydrogen (secondary N) is 2. The van der Waals surface area contributed by atoms with Crippen LogP contribution in [0.25, 0.3) is 0 Å². The molecule has 0 aromatic carbocycles. The Morgan fingerprint density at radius 2 is 1.96 bits per heavy atom. The van der Waals surface area contributed by atoms with Gasteiger partial charge in [0.05, 0.1) is 12.7 Å². The Morgan fingerprint density at radius 1 is 1.24 bits per heavy atom. The molecule has 1 aromatic rings. The first-order valence-electron chi connectivity index (χ1n) is 8.52. The van der Waals surface area contributed by atoms with Gasteiger partial charge in [-0.3, -0.25) is 9.59 Å². The van der Waals surface area contributed by atoms with Crippen molar-refractivity contribution in [1.82, 2.24) is 5.32 Å². The number of methoxy groups -OCH3 is 1. The molecule has 0 spiro atoms. The van der Waals surface area contributed by atoms with Crippen LogP contribution in [0, 0.1) is 0 Å². The normalized spacial score (nSPS) is 14.4. The third-order valence-electron chi connectivity index (χ3n) is 4.21. The van der Waals surface area contributed by atoms with E-state index in [0.717, 1.165) is 42.5 Å². The quantitative estimate of drug-likeness (QED) is 0.522. The molecule has 8 heteroatoms. The molecular formula is C17H25N3O4S. The number of fused-ring (bicyclic) bond motifs is 1. The number of aryl methyl sites for hydroxylation is 1. The lowest BCUT2D eigenvalue weighted by Gasteiger charge is -2.13. The van der Waals surface area contributed by atoms with Crippen molar-refractivity contribution in [3.05, 3.63) is 16.0 Å². The van der Waals surface area contributed by atoms with Gasteiger partial charge in [-0.1, -0.05) is 0 Å². The number of hydrogen-bond donors (Lipinski definition) is 3. The SMILES string of the molecule is COC(=O)c1c(NC(=O)C(=O)NC(C)CCCN)sc2c1CCCC2. The summed E-state index contributed by atoms with van der Waals surface area (Å²) in [5.74, 6) is -1.97. The van der Waals surface area contributed by atoms with E-state index in [1.807, 2.05) is 6.92 Å².